The van der Waals surface area contributed by atoms with Gasteiger partial charge in [-0.3, -0.25) is 4.79 Å². The Morgan fingerprint density at radius 1 is 1.38 bits per heavy atom. The highest BCUT2D eigenvalue weighted by atomic mass is 16.3. The maximum absolute atomic E-state index is 11.8. The molecule has 2 aliphatic heterocycles. The average Bonchev–Trinajstić information content (AvgIpc) is 2.26. The van der Waals surface area contributed by atoms with E-state index in [1.807, 2.05) is 24.0 Å². The second-order valence-corrected chi connectivity index (χ2v) is 4.88. The van der Waals surface area contributed by atoms with Gasteiger partial charge in [-0.15, -0.1) is 0 Å². The third-order valence-corrected chi connectivity index (χ3v) is 3.70. The van der Waals surface area contributed by atoms with Crippen LogP contribution in [0.4, 0.5) is 5.69 Å². The number of aliphatic hydroxyl groups is 1. The van der Waals surface area contributed by atoms with E-state index in [1.165, 1.54) is 5.56 Å². The van der Waals surface area contributed by atoms with Gasteiger partial charge in [0.05, 0.1) is 11.3 Å². The molecule has 0 aromatic heterocycles. The summed E-state index contributed by atoms with van der Waals surface area (Å²) >= 11 is 0. The first-order chi connectivity index (χ1) is 7.59. The van der Waals surface area contributed by atoms with Crippen LogP contribution in [0.25, 0.3) is 0 Å². The van der Waals surface area contributed by atoms with Gasteiger partial charge < -0.3 is 10.0 Å². The summed E-state index contributed by atoms with van der Waals surface area (Å²) in [6, 6.07) is 5.96. The fourth-order valence-electron chi connectivity index (χ4n) is 2.75. The molecule has 0 fully saturated rings. The lowest BCUT2D eigenvalue weighted by atomic mass is 9.83. The van der Waals surface area contributed by atoms with Gasteiger partial charge >= 0.3 is 0 Å². The molecular weight excluding hydrogens is 202 g/mol. The molecule has 1 N–H and O–H groups in total. The molecule has 0 radical (unpaired) electrons. The van der Waals surface area contributed by atoms with Crippen molar-refractivity contribution in [3.05, 3.63) is 29.3 Å². The molecule has 84 valence electrons. The van der Waals surface area contributed by atoms with Crippen LogP contribution in [-0.2, 0) is 16.8 Å². The number of amides is 1. The number of carbonyl (C=O) groups excluding carboxylic acids is 1. The summed E-state index contributed by atoms with van der Waals surface area (Å²) in [7, 11) is 0. The van der Waals surface area contributed by atoms with E-state index in [2.05, 4.69) is 6.07 Å². The van der Waals surface area contributed by atoms with Crippen molar-refractivity contribution in [3.8, 4) is 0 Å². The minimum atomic E-state index is -0.792. The number of hydrogen-bond acceptors (Lipinski definition) is 2. The van der Waals surface area contributed by atoms with Crippen molar-refractivity contribution in [2.24, 2.45) is 0 Å². The summed E-state index contributed by atoms with van der Waals surface area (Å²) in [5.41, 5.74) is 2.27. The fraction of sp³-hybridized carbons (Fsp3) is 0.462. The van der Waals surface area contributed by atoms with Crippen LogP contribution < -0.4 is 4.90 Å². The Morgan fingerprint density at radius 2 is 2.19 bits per heavy atom. The van der Waals surface area contributed by atoms with Crippen molar-refractivity contribution < 1.29 is 9.90 Å². The Hall–Kier alpha value is -1.35. The molecule has 0 bridgehead atoms. The molecule has 0 unspecified atom stereocenters. The van der Waals surface area contributed by atoms with Gasteiger partial charge in [-0.25, -0.2) is 0 Å². The normalized spacial score (nSPS) is 27.9. The lowest BCUT2D eigenvalue weighted by Crippen LogP contribution is -2.44. The van der Waals surface area contributed by atoms with Crippen LogP contribution in [0.15, 0.2) is 18.2 Å². The van der Waals surface area contributed by atoms with Crippen LogP contribution >= 0.6 is 0 Å². The monoisotopic (exact) mass is 217 g/mol. The number of anilines is 1. The maximum Gasteiger partial charge on any atom is 0.227 e. The van der Waals surface area contributed by atoms with Gasteiger partial charge in [0.25, 0.3) is 0 Å². The number of aryl methyl sites for hydroxylation is 1. The molecule has 0 spiro atoms. The van der Waals surface area contributed by atoms with Gasteiger partial charge in [-0.1, -0.05) is 18.2 Å². The topological polar surface area (TPSA) is 40.5 Å². The second-order valence-electron chi connectivity index (χ2n) is 4.88. The molecule has 1 aromatic carbocycles. The summed E-state index contributed by atoms with van der Waals surface area (Å²) in [4.78, 5) is 13.7. The number of carbonyl (C=O) groups is 1. The SMILES string of the molecule is C[C@@]1(O)CCN2C(=O)CCc3cccc1c32. The summed E-state index contributed by atoms with van der Waals surface area (Å²) in [6.45, 7) is 2.47. The first-order valence-corrected chi connectivity index (χ1v) is 5.75. The zero-order valence-electron chi connectivity index (χ0n) is 9.36. The predicted molar refractivity (Wildman–Crippen MR) is 61.3 cm³/mol. The lowest BCUT2D eigenvalue weighted by molar-refractivity contribution is -0.119. The molecule has 3 heteroatoms. The fourth-order valence-corrected chi connectivity index (χ4v) is 2.75. The molecule has 2 heterocycles. The molecule has 3 rings (SSSR count). The Labute approximate surface area is 94.7 Å². The molecule has 0 saturated carbocycles. The Balaban J connectivity index is 2.25. The van der Waals surface area contributed by atoms with Crippen molar-refractivity contribution in [3.63, 3.8) is 0 Å². The number of benzene rings is 1. The van der Waals surface area contributed by atoms with Crippen LogP contribution in [0.2, 0.25) is 0 Å². The molecule has 16 heavy (non-hydrogen) atoms. The van der Waals surface area contributed by atoms with Gasteiger partial charge in [0, 0.05) is 18.5 Å². The summed E-state index contributed by atoms with van der Waals surface area (Å²) < 4.78 is 0. The van der Waals surface area contributed by atoms with E-state index >= 15 is 0 Å². The highest BCUT2D eigenvalue weighted by Crippen LogP contribution is 2.42. The molecule has 0 aliphatic carbocycles. The van der Waals surface area contributed by atoms with Crippen molar-refractivity contribution >= 4 is 11.6 Å². The van der Waals surface area contributed by atoms with Gasteiger partial charge in [-0.05, 0) is 25.3 Å². The lowest BCUT2D eigenvalue weighted by Gasteiger charge is -2.41. The van der Waals surface area contributed by atoms with E-state index in [0.29, 0.717) is 19.4 Å². The van der Waals surface area contributed by atoms with Gasteiger partial charge in [0.2, 0.25) is 5.91 Å². The second kappa shape index (κ2) is 3.08. The quantitative estimate of drug-likeness (QED) is 0.716. The predicted octanol–water partition coefficient (Wildman–Crippen LogP) is 1.58. The molecule has 2 aliphatic rings. The zero-order valence-corrected chi connectivity index (χ0v) is 9.36. The molecule has 1 aromatic rings. The smallest absolute Gasteiger partial charge is 0.227 e. The first kappa shape index (κ1) is 9.85. The van der Waals surface area contributed by atoms with E-state index in [-0.39, 0.29) is 5.91 Å². The van der Waals surface area contributed by atoms with Gasteiger partial charge in [0.15, 0.2) is 0 Å². The van der Waals surface area contributed by atoms with Crippen LogP contribution in [0.5, 0.6) is 0 Å². The number of nitrogens with zero attached hydrogens (tertiary/aromatic N) is 1. The number of para-hydroxylation sites is 1. The Bertz CT molecular complexity index is 465. The number of rotatable bonds is 0. The van der Waals surface area contributed by atoms with Gasteiger partial charge in [0.1, 0.15) is 0 Å². The largest absolute Gasteiger partial charge is 0.385 e. The minimum absolute atomic E-state index is 0.190. The Kier molecular flexibility index (Phi) is 1.89. The van der Waals surface area contributed by atoms with Crippen molar-refractivity contribution in [2.75, 3.05) is 11.4 Å². The molecule has 1 atom stereocenters. The van der Waals surface area contributed by atoms with Crippen LogP contribution in [-0.4, -0.2) is 17.6 Å². The van der Waals surface area contributed by atoms with Crippen molar-refractivity contribution in [1.29, 1.82) is 0 Å². The van der Waals surface area contributed by atoms with Crippen LogP contribution in [0.1, 0.15) is 30.9 Å². The Morgan fingerprint density at radius 3 is 3.00 bits per heavy atom. The van der Waals surface area contributed by atoms with E-state index in [0.717, 1.165) is 17.7 Å². The summed E-state index contributed by atoms with van der Waals surface area (Å²) in [5.74, 6) is 0.190. The summed E-state index contributed by atoms with van der Waals surface area (Å²) in [6.07, 6.45) is 2.02. The maximum atomic E-state index is 11.8. The first-order valence-electron chi connectivity index (χ1n) is 5.75. The molecule has 1 amide bonds. The minimum Gasteiger partial charge on any atom is -0.385 e. The zero-order chi connectivity index (χ0) is 11.3. The van der Waals surface area contributed by atoms with Crippen LogP contribution in [0, 0.1) is 0 Å². The van der Waals surface area contributed by atoms with Crippen molar-refractivity contribution in [1.82, 2.24) is 0 Å². The van der Waals surface area contributed by atoms with E-state index in [4.69, 9.17) is 0 Å². The number of hydrogen-bond donors (Lipinski definition) is 1. The molecular formula is C13H15NO2. The van der Waals surface area contributed by atoms with E-state index in [9.17, 15) is 9.90 Å². The van der Waals surface area contributed by atoms with Crippen molar-refractivity contribution in [2.45, 2.75) is 31.8 Å². The van der Waals surface area contributed by atoms with E-state index < -0.39 is 5.60 Å². The molecule has 0 saturated heterocycles. The highest BCUT2D eigenvalue weighted by molar-refractivity contribution is 5.98. The average molecular weight is 217 g/mol. The highest BCUT2D eigenvalue weighted by Gasteiger charge is 2.38. The standard InChI is InChI=1S/C13H15NO2/c1-13(16)7-8-14-11(15)6-5-9-3-2-4-10(13)12(9)14/h2-4,16H,5-8H2,1H3/t13-/m1/s1. The summed E-state index contributed by atoms with van der Waals surface area (Å²) in [5, 5.41) is 10.3. The van der Waals surface area contributed by atoms with E-state index in [1.54, 1.807) is 0 Å². The van der Waals surface area contributed by atoms with Gasteiger partial charge in [-0.2, -0.15) is 0 Å². The third kappa shape index (κ3) is 1.21. The third-order valence-electron chi connectivity index (χ3n) is 3.70. The molecule has 3 nitrogen and oxygen atoms in total. The van der Waals surface area contributed by atoms with Crippen LogP contribution in [0.3, 0.4) is 0 Å².